The van der Waals surface area contributed by atoms with Crippen molar-refractivity contribution in [2.75, 3.05) is 23.5 Å². The molecule has 0 spiro atoms. The topological polar surface area (TPSA) is 87.1 Å². The van der Waals surface area contributed by atoms with Gasteiger partial charge in [0.25, 0.3) is 0 Å². The summed E-state index contributed by atoms with van der Waals surface area (Å²) in [5.41, 5.74) is 0.803. The minimum Gasteiger partial charge on any atom is -0.394 e. The zero-order chi connectivity index (χ0) is 16.1. The summed E-state index contributed by atoms with van der Waals surface area (Å²) in [7, 11) is -0.997. The molecule has 0 bridgehead atoms. The predicted molar refractivity (Wildman–Crippen MR) is 92.0 cm³/mol. The highest BCUT2D eigenvalue weighted by Crippen LogP contribution is 2.23. The summed E-state index contributed by atoms with van der Waals surface area (Å²) < 4.78 is 12.1. The molecule has 8 heteroatoms. The van der Waals surface area contributed by atoms with Crippen molar-refractivity contribution in [3.63, 3.8) is 0 Å². The zero-order valence-corrected chi connectivity index (χ0v) is 14.6. The normalized spacial score (nSPS) is 13.5. The largest absolute Gasteiger partial charge is 0.394 e. The number of anilines is 3. The van der Waals surface area contributed by atoms with Crippen LogP contribution in [0.2, 0.25) is 0 Å². The second-order valence-electron chi connectivity index (χ2n) is 4.72. The number of nitrogens with one attached hydrogen (secondary N) is 2. The maximum atomic E-state index is 11.4. The van der Waals surface area contributed by atoms with E-state index < -0.39 is 10.8 Å². The SMILES string of the molecule is CC(CO)Nc1nc(Nc2ccc([S@@](C)=O)cc2)ncc1Br. The predicted octanol–water partition coefficient (Wildman–Crippen LogP) is 2.51. The minimum absolute atomic E-state index is 0.00875. The minimum atomic E-state index is -0.997. The second-order valence-corrected chi connectivity index (χ2v) is 6.96. The van der Waals surface area contributed by atoms with Crippen molar-refractivity contribution < 1.29 is 9.32 Å². The van der Waals surface area contributed by atoms with Crippen molar-refractivity contribution >= 4 is 44.2 Å². The Morgan fingerprint density at radius 3 is 2.64 bits per heavy atom. The molecular weight excluding hydrogens is 368 g/mol. The Morgan fingerprint density at radius 2 is 2.05 bits per heavy atom. The van der Waals surface area contributed by atoms with Crippen LogP contribution in [-0.2, 0) is 10.8 Å². The molecule has 0 saturated carbocycles. The van der Waals surface area contributed by atoms with E-state index in [1.54, 1.807) is 24.6 Å². The van der Waals surface area contributed by atoms with Crippen LogP contribution in [0.3, 0.4) is 0 Å². The van der Waals surface area contributed by atoms with Crippen LogP contribution in [0.25, 0.3) is 0 Å². The summed E-state index contributed by atoms with van der Waals surface area (Å²) in [6.07, 6.45) is 3.28. The summed E-state index contributed by atoms with van der Waals surface area (Å²) >= 11 is 3.37. The Balaban J connectivity index is 2.15. The van der Waals surface area contributed by atoms with Gasteiger partial charge in [-0.3, -0.25) is 4.21 Å². The molecule has 1 unspecified atom stereocenters. The fourth-order valence-corrected chi connectivity index (χ4v) is 2.49. The van der Waals surface area contributed by atoms with E-state index in [0.29, 0.717) is 11.8 Å². The first kappa shape index (κ1) is 16.9. The molecule has 0 aliphatic rings. The van der Waals surface area contributed by atoms with Gasteiger partial charge in [0.05, 0.1) is 11.1 Å². The number of rotatable bonds is 6. The lowest BCUT2D eigenvalue weighted by Gasteiger charge is -2.14. The van der Waals surface area contributed by atoms with E-state index >= 15 is 0 Å². The highest BCUT2D eigenvalue weighted by Gasteiger charge is 2.08. The van der Waals surface area contributed by atoms with Gasteiger partial charge < -0.3 is 15.7 Å². The molecule has 0 aliphatic carbocycles. The van der Waals surface area contributed by atoms with Gasteiger partial charge in [0, 0.05) is 39.9 Å². The molecule has 0 radical (unpaired) electrons. The van der Waals surface area contributed by atoms with Gasteiger partial charge in [0.15, 0.2) is 0 Å². The fraction of sp³-hybridized carbons (Fsp3) is 0.286. The molecule has 6 nitrogen and oxygen atoms in total. The van der Waals surface area contributed by atoms with Gasteiger partial charge in [0.2, 0.25) is 5.95 Å². The number of nitrogens with zero attached hydrogens (tertiary/aromatic N) is 2. The number of aliphatic hydroxyl groups is 1. The quantitative estimate of drug-likeness (QED) is 0.709. The summed E-state index contributed by atoms with van der Waals surface area (Å²) in [6, 6.07) is 7.13. The van der Waals surface area contributed by atoms with Crippen LogP contribution in [0.5, 0.6) is 0 Å². The lowest BCUT2D eigenvalue weighted by atomic mass is 10.3. The first-order valence-electron chi connectivity index (χ1n) is 6.60. The fourth-order valence-electron chi connectivity index (χ4n) is 1.67. The molecule has 2 aromatic rings. The number of hydrogen-bond donors (Lipinski definition) is 3. The monoisotopic (exact) mass is 384 g/mol. The molecule has 2 rings (SSSR count). The average Bonchev–Trinajstić information content (AvgIpc) is 2.51. The lowest BCUT2D eigenvalue weighted by molar-refractivity contribution is 0.281. The van der Waals surface area contributed by atoms with E-state index in [-0.39, 0.29) is 12.6 Å². The van der Waals surface area contributed by atoms with E-state index in [9.17, 15) is 4.21 Å². The zero-order valence-electron chi connectivity index (χ0n) is 12.2. The third kappa shape index (κ3) is 4.49. The third-order valence-corrected chi connectivity index (χ3v) is 4.36. The average molecular weight is 385 g/mol. The van der Waals surface area contributed by atoms with Gasteiger partial charge in [-0.1, -0.05) is 0 Å². The molecule has 22 heavy (non-hydrogen) atoms. The molecule has 3 N–H and O–H groups in total. The lowest BCUT2D eigenvalue weighted by Crippen LogP contribution is -2.20. The van der Waals surface area contributed by atoms with E-state index in [2.05, 4.69) is 36.5 Å². The third-order valence-electron chi connectivity index (χ3n) is 2.84. The van der Waals surface area contributed by atoms with Crippen molar-refractivity contribution in [1.82, 2.24) is 9.97 Å². The van der Waals surface area contributed by atoms with E-state index in [0.717, 1.165) is 15.1 Å². The van der Waals surface area contributed by atoms with Crippen LogP contribution >= 0.6 is 15.9 Å². The Morgan fingerprint density at radius 1 is 1.36 bits per heavy atom. The summed E-state index contributed by atoms with van der Waals surface area (Å²) in [5.74, 6) is 1.03. The smallest absolute Gasteiger partial charge is 0.229 e. The van der Waals surface area contributed by atoms with Crippen molar-refractivity contribution in [2.24, 2.45) is 0 Å². The highest BCUT2D eigenvalue weighted by molar-refractivity contribution is 9.10. The molecule has 0 fully saturated rings. The van der Waals surface area contributed by atoms with Crippen molar-refractivity contribution in [2.45, 2.75) is 17.9 Å². The maximum Gasteiger partial charge on any atom is 0.229 e. The molecule has 0 saturated heterocycles. The maximum absolute atomic E-state index is 11.4. The van der Waals surface area contributed by atoms with Crippen molar-refractivity contribution in [3.05, 3.63) is 34.9 Å². The van der Waals surface area contributed by atoms with E-state index in [1.165, 1.54) is 0 Å². The number of halogens is 1. The molecular formula is C14H17BrN4O2S. The van der Waals surface area contributed by atoms with E-state index in [1.807, 2.05) is 19.1 Å². The Hall–Kier alpha value is -1.51. The molecule has 118 valence electrons. The highest BCUT2D eigenvalue weighted by atomic mass is 79.9. The van der Waals surface area contributed by atoms with Gasteiger partial charge >= 0.3 is 0 Å². The molecule has 1 aromatic carbocycles. The summed E-state index contributed by atoms with van der Waals surface area (Å²) in [4.78, 5) is 9.32. The van der Waals surface area contributed by atoms with Crippen LogP contribution in [0, 0.1) is 0 Å². The summed E-state index contributed by atoms with van der Waals surface area (Å²) in [6.45, 7) is 1.86. The van der Waals surface area contributed by atoms with Crippen LogP contribution in [-0.4, -0.2) is 38.2 Å². The Labute approximate surface area is 140 Å². The van der Waals surface area contributed by atoms with Crippen LogP contribution in [0.15, 0.2) is 39.8 Å². The van der Waals surface area contributed by atoms with Gasteiger partial charge in [-0.25, -0.2) is 4.98 Å². The van der Waals surface area contributed by atoms with Crippen LogP contribution in [0.1, 0.15) is 6.92 Å². The van der Waals surface area contributed by atoms with Gasteiger partial charge in [-0.2, -0.15) is 4.98 Å². The van der Waals surface area contributed by atoms with Crippen LogP contribution < -0.4 is 10.6 Å². The summed E-state index contributed by atoms with van der Waals surface area (Å²) in [5, 5.41) is 15.3. The number of hydrogen-bond acceptors (Lipinski definition) is 6. The van der Waals surface area contributed by atoms with Crippen molar-refractivity contribution in [3.8, 4) is 0 Å². The van der Waals surface area contributed by atoms with Crippen LogP contribution in [0.4, 0.5) is 17.5 Å². The molecule has 1 heterocycles. The van der Waals surface area contributed by atoms with E-state index in [4.69, 9.17) is 5.11 Å². The standard InChI is InChI=1S/C14H17BrN4O2S/c1-9(8-20)17-13-12(15)7-16-14(19-13)18-10-3-5-11(6-4-10)22(2)21/h3-7,9,20H,8H2,1-2H3,(H2,16,17,18,19)/t9?,22-/m1/s1. The first-order valence-corrected chi connectivity index (χ1v) is 8.95. The number of aromatic nitrogens is 2. The number of benzene rings is 1. The second kappa shape index (κ2) is 7.66. The molecule has 0 aliphatic heterocycles. The Kier molecular flexibility index (Phi) is 5.87. The van der Waals surface area contributed by atoms with Crippen molar-refractivity contribution in [1.29, 1.82) is 0 Å². The van der Waals surface area contributed by atoms with Gasteiger partial charge in [-0.05, 0) is 47.1 Å². The first-order chi connectivity index (χ1) is 10.5. The molecule has 0 amide bonds. The Bertz CT molecular complexity index is 666. The van der Waals surface area contributed by atoms with Gasteiger partial charge in [-0.15, -0.1) is 0 Å². The molecule has 2 atom stereocenters. The number of aliphatic hydroxyl groups excluding tert-OH is 1. The molecule has 1 aromatic heterocycles. The van der Waals surface area contributed by atoms with Gasteiger partial charge in [0.1, 0.15) is 5.82 Å².